The number of cyclic esters (lactones) is 1. The second kappa shape index (κ2) is 5.67. The minimum absolute atomic E-state index is 0.0277. The van der Waals surface area contributed by atoms with Gasteiger partial charge in [0.25, 0.3) is 0 Å². The molecule has 2 rings (SSSR count). The van der Waals surface area contributed by atoms with Gasteiger partial charge in [-0.3, -0.25) is 0 Å². The smallest absolute Gasteiger partial charge is 0.410 e. The highest BCUT2D eigenvalue weighted by molar-refractivity contribution is 9.10. The van der Waals surface area contributed by atoms with E-state index in [1.54, 1.807) is 6.07 Å². The Labute approximate surface area is 112 Å². The highest BCUT2D eigenvalue weighted by Crippen LogP contribution is 2.28. The molecule has 0 bridgehead atoms. The van der Waals surface area contributed by atoms with E-state index in [4.69, 9.17) is 9.84 Å². The Morgan fingerprint density at radius 3 is 2.94 bits per heavy atom. The molecule has 1 saturated heterocycles. The molecule has 0 saturated carbocycles. The van der Waals surface area contributed by atoms with Crippen molar-refractivity contribution in [1.82, 2.24) is 4.90 Å². The fraction of sp³-hybridized carbons (Fsp3) is 0.417. The van der Waals surface area contributed by atoms with Gasteiger partial charge in [-0.05, 0) is 30.2 Å². The molecule has 1 aliphatic rings. The van der Waals surface area contributed by atoms with E-state index >= 15 is 0 Å². The summed E-state index contributed by atoms with van der Waals surface area (Å²) in [5.74, 6) is -0.371. The third kappa shape index (κ3) is 3.00. The maximum Gasteiger partial charge on any atom is 0.410 e. The quantitative estimate of drug-likeness (QED) is 0.928. The van der Waals surface area contributed by atoms with E-state index in [-0.39, 0.29) is 12.4 Å². The normalized spacial score (nSPS) is 19.2. The number of carbonyl (C=O) groups excluding carboxylic acids is 1. The van der Waals surface area contributed by atoms with Crippen LogP contribution in [0.4, 0.5) is 9.18 Å². The molecule has 1 amide bonds. The Kier molecular flexibility index (Phi) is 4.19. The molecule has 1 fully saturated rings. The van der Waals surface area contributed by atoms with Gasteiger partial charge in [0.1, 0.15) is 11.9 Å². The van der Waals surface area contributed by atoms with Gasteiger partial charge in [0.05, 0.1) is 6.54 Å². The molecule has 18 heavy (non-hydrogen) atoms. The van der Waals surface area contributed by atoms with Gasteiger partial charge in [-0.1, -0.05) is 15.9 Å². The van der Waals surface area contributed by atoms with E-state index in [9.17, 15) is 9.18 Å². The molecule has 1 aromatic carbocycles. The molecule has 0 radical (unpaired) electrons. The number of carbonyl (C=O) groups is 1. The molecular weight excluding hydrogens is 305 g/mol. The first-order chi connectivity index (χ1) is 8.60. The number of nitrogens with zero attached hydrogens (tertiary/aromatic N) is 1. The monoisotopic (exact) mass is 317 g/mol. The standard InChI is InChI=1S/C12H13BrFNO3/c13-9-4-8(5-10(14)6-9)11-7-15(2-1-3-16)12(17)18-11/h4-6,11,16H,1-3,7H2. The molecule has 0 aromatic heterocycles. The van der Waals surface area contributed by atoms with Crippen LogP contribution in [0.25, 0.3) is 0 Å². The van der Waals surface area contributed by atoms with E-state index in [1.165, 1.54) is 17.0 Å². The van der Waals surface area contributed by atoms with E-state index in [0.717, 1.165) is 0 Å². The average molecular weight is 318 g/mol. The van der Waals surface area contributed by atoms with Gasteiger partial charge in [0.15, 0.2) is 0 Å². The molecular formula is C12H13BrFNO3. The van der Waals surface area contributed by atoms with Crippen LogP contribution in [-0.2, 0) is 4.74 Å². The zero-order chi connectivity index (χ0) is 13.1. The molecule has 1 aliphatic heterocycles. The van der Waals surface area contributed by atoms with Crippen molar-refractivity contribution in [2.75, 3.05) is 19.7 Å². The molecule has 6 heteroatoms. The lowest BCUT2D eigenvalue weighted by atomic mass is 10.1. The van der Waals surface area contributed by atoms with Gasteiger partial charge in [-0.15, -0.1) is 0 Å². The van der Waals surface area contributed by atoms with Crippen LogP contribution in [0.5, 0.6) is 0 Å². The molecule has 1 unspecified atom stereocenters. The van der Waals surface area contributed by atoms with Crippen molar-refractivity contribution in [3.8, 4) is 0 Å². The van der Waals surface area contributed by atoms with Gasteiger partial charge < -0.3 is 14.7 Å². The lowest BCUT2D eigenvalue weighted by Crippen LogP contribution is -2.26. The molecule has 4 nitrogen and oxygen atoms in total. The highest BCUT2D eigenvalue weighted by atomic mass is 79.9. The minimum atomic E-state index is -0.455. The summed E-state index contributed by atoms with van der Waals surface area (Å²) in [6, 6.07) is 4.44. The summed E-state index contributed by atoms with van der Waals surface area (Å²) in [6.45, 7) is 0.858. The highest BCUT2D eigenvalue weighted by Gasteiger charge is 2.32. The molecule has 1 atom stereocenters. The molecule has 1 aromatic rings. The number of hydrogen-bond donors (Lipinski definition) is 1. The number of ether oxygens (including phenoxy) is 1. The predicted molar refractivity (Wildman–Crippen MR) is 66.6 cm³/mol. The molecule has 0 aliphatic carbocycles. The van der Waals surface area contributed by atoms with Crippen LogP contribution < -0.4 is 0 Å². The first-order valence-corrected chi connectivity index (χ1v) is 6.42. The van der Waals surface area contributed by atoms with Crippen LogP contribution in [-0.4, -0.2) is 35.8 Å². The van der Waals surface area contributed by atoms with E-state index in [1.807, 2.05) is 0 Å². The summed E-state index contributed by atoms with van der Waals surface area (Å²) in [7, 11) is 0. The Bertz CT molecular complexity index is 435. The summed E-state index contributed by atoms with van der Waals surface area (Å²) in [4.78, 5) is 13.1. The lowest BCUT2D eigenvalue weighted by Gasteiger charge is -2.11. The van der Waals surface area contributed by atoms with Crippen molar-refractivity contribution in [3.63, 3.8) is 0 Å². The third-order valence-electron chi connectivity index (χ3n) is 2.73. The summed E-state index contributed by atoms with van der Waals surface area (Å²) in [6.07, 6.45) is -0.369. The lowest BCUT2D eigenvalue weighted by molar-refractivity contribution is 0.132. The topological polar surface area (TPSA) is 49.8 Å². The second-order valence-corrected chi connectivity index (χ2v) is 5.01. The number of aliphatic hydroxyl groups is 1. The van der Waals surface area contributed by atoms with Crippen molar-refractivity contribution in [3.05, 3.63) is 34.1 Å². The van der Waals surface area contributed by atoms with Crippen molar-refractivity contribution in [2.24, 2.45) is 0 Å². The van der Waals surface area contributed by atoms with Crippen molar-refractivity contribution in [2.45, 2.75) is 12.5 Å². The first kappa shape index (κ1) is 13.3. The van der Waals surface area contributed by atoms with Gasteiger partial charge in [0, 0.05) is 17.6 Å². The SMILES string of the molecule is O=C1OC(c2cc(F)cc(Br)c2)CN1CCCO. The van der Waals surface area contributed by atoms with Crippen molar-refractivity contribution >= 4 is 22.0 Å². The van der Waals surface area contributed by atoms with Crippen molar-refractivity contribution in [1.29, 1.82) is 0 Å². The minimum Gasteiger partial charge on any atom is -0.439 e. The van der Waals surface area contributed by atoms with E-state index < -0.39 is 12.2 Å². The zero-order valence-corrected chi connectivity index (χ0v) is 11.2. The maximum absolute atomic E-state index is 13.3. The van der Waals surface area contributed by atoms with E-state index in [2.05, 4.69) is 15.9 Å². The van der Waals surface area contributed by atoms with Crippen molar-refractivity contribution < 1.29 is 19.0 Å². The Morgan fingerprint density at radius 2 is 2.28 bits per heavy atom. The maximum atomic E-state index is 13.3. The second-order valence-electron chi connectivity index (χ2n) is 4.10. The summed E-state index contributed by atoms with van der Waals surface area (Å²) in [5.41, 5.74) is 0.627. The number of aliphatic hydroxyl groups excluding tert-OH is 1. The van der Waals surface area contributed by atoms with E-state index in [0.29, 0.717) is 29.5 Å². The average Bonchev–Trinajstić information content (AvgIpc) is 2.67. The van der Waals surface area contributed by atoms with Gasteiger partial charge >= 0.3 is 6.09 Å². The largest absolute Gasteiger partial charge is 0.439 e. The number of amides is 1. The Hall–Kier alpha value is -1.14. The van der Waals surface area contributed by atoms with Crippen LogP contribution in [0.1, 0.15) is 18.1 Å². The zero-order valence-electron chi connectivity index (χ0n) is 9.60. The fourth-order valence-corrected chi connectivity index (χ4v) is 2.37. The van der Waals surface area contributed by atoms with Crippen LogP contribution in [0.15, 0.2) is 22.7 Å². The third-order valence-corrected chi connectivity index (χ3v) is 3.19. The number of hydrogen-bond acceptors (Lipinski definition) is 3. The summed E-state index contributed by atoms with van der Waals surface area (Å²) >= 11 is 3.21. The number of rotatable bonds is 4. The fourth-order valence-electron chi connectivity index (χ4n) is 1.89. The van der Waals surface area contributed by atoms with Gasteiger partial charge in [0.2, 0.25) is 0 Å². The Balaban J connectivity index is 2.09. The Morgan fingerprint density at radius 1 is 1.50 bits per heavy atom. The van der Waals surface area contributed by atoms with Gasteiger partial charge in [-0.25, -0.2) is 9.18 Å². The predicted octanol–water partition coefficient (Wildman–Crippen LogP) is 2.46. The van der Waals surface area contributed by atoms with Crippen LogP contribution in [0, 0.1) is 5.82 Å². The summed E-state index contributed by atoms with van der Waals surface area (Å²) < 4.78 is 19.1. The molecule has 1 heterocycles. The first-order valence-electron chi connectivity index (χ1n) is 5.62. The molecule has 0 spiro atoms. The number of benzene rings is 1. The van der Waals surface area contributed by atoms with Gasteiger partial charge in [-0.2, -0.15) is 0 Å². The van der Waals surface area contributed by atoms with Crippen LogP contribution in [0.2, 0.25) is 0 Å². The van der Waals surface area contributed by atoms with Crippen LogP contribution in [0.3, 0.4) is 0 Å². The van der Waals surface area contributed by atoms with Crippen LogP contribution >= 0.6 is 15.9 Å². The molecule has 1 N–H and O–H groups in total. The summed E-state index contributed by atoms with van der Waals surface area (Å²) in [5, 5.41) is 8.73. The number of halogens is 2. The molecule has 98 valence electrons.